The fourth-order valence-electron chi connectivity index (χ4n) is 1.79. The van der Waals surface area contributed by atoms with Crippen molar-refractivity contribution in [2.24, 2.45) is 0 Å². The van der Waals surface area contributed by atoms with Crippen LogP contribution in [0.15, 0.2) is 23.1 Å². The van der Waals surface area contributed by atoms with E-state index >= 15 is 0 Å². The summed E-state index contributed by atoms with van der Waals surface area (Å²) in [6.07, 6.45) is 0. The van der Waals surface area contributed by atoms with E-state index in [-0.39, 0.29) is 6.54 Å². The molecule has 1 aromatic heterocycles. The van der Waals surface area contributed by atoms with Gasteiger partial charge in [0.25, 0.3) is 0 Å². The molecule has 0 unspecified atom stereocenters. The number of carbonyl (C=O) groups is 2. The second kappa shape index (κ2) is 7.81. The first-order valence-corrected chi connectivity index (χ1v) is 7.20. The summed E-state index contributed by atoms with van der Waals surface area (Å²) in [5, 5.41) is 10.9. The van der Waals surface area contributed by atoms with Crippen molar-refractivity contribution in [1.29, 1.82) is 0 Å². The van der Waals surface area contributed by atoms with Crippen LogP contribution in [0, 0.1) is 0 Å². The predicted molar refractivity (Wildman–Crippen MR) is 78.4 cm³/mol. The van der Waals surface area contributed by atoms with Crippen molar-refractivity contribution in [3.8, 4) is 0 Å². The lowest BCUT2D eigenvalue weighted by Crippen LogP contribution is -2.37. The lowest BCUT2D eigenvalue weighted by atomic mass is 10.2. The van der Waals surface area contributed by atoms with Crippen molar-refractivity contribution >= 4 is 28.9 Å². The smallest absolute Gasteiger partial charge is 0.394 e. The zero-order valence-electron chi connectivity index (χ0n) is 11.9. The van der Waals surface area contributed by atoms with Crippen LogP contribution < -0.4 is 0 Å². The van der Waals surface area contributed by atoms with Crippen molar-refractivity contribution in [2.45, 2.75) is 20.8 Å². The Morgan fingerprint density at radius 2 is 2.10 bits per heavy atom. The summed E-state index contributed by atoms with van der Waals surface area (Å²) in [5.74, 6) is -2.40. The largest absolute Gasteiger partial charge is 0.474 e. The molecule has 5 nitrogen and oxygen atoms in total. The molecular formula is C14H19NO4S. The number of carboxylic acid groups (broad SMARTS) is 1. The minimum atomic E-state index is -1.46. The van der Waals surface area contributed by atoms with Crippen LogP contribution in [-0.4, -0.2) is 41.6 Å². The van der Waals surface area contributed by atoms with Crippen molar-refractivity contribution in [3.05, 3.63) is 28.0 Å². The van der Waals surface area contributed by atoms with Gasteiger partial charge in [0.1, 0.15) is 0 Å². The number of carboxylic acids is 1. The quantitative estimate of drug-likeness (QED) is 0.647. The maximum absolute atomic E-state index is 11.9. The molecule has 110 valence electrons. The fourth-order valence-corrected chi connectivity index (χ4v) is 2.68. The Balaban J connectivity index is 3.09. The molecule has 0 spiro atoms. The van der Waals surface area contributed by atoms with Crippen LogP contribution in [0.2, 0.25) is 0 Å². The Hall–Kier alpha value is -1.66. The number of aliphatic carboxylic acids is 1. The molecule has 0 fully saturated rings. The first-order chi connectivity index (χ1) is 9.49. The molecule has 0 bridgehead atoms. The second-order valence-corrected chi connectivity index (χ2v) is 5.23. The molecule has 0 aliphatic carbocycles. The topological polar surface area (TPSA) is 66.8 Å². The average molecular weight is 297 g/mol. The highest BCUT2D eigenvalue weighted by atomic mass is 32.1. The number of rotatable bonds is 6. The van der Waals surface area contributed by atoms with E-state index < -0.39 is 11.9 Å². The highest BCUT2D eigenvalue weighted by Crippen LogP contribution is 2.27. The van der Waals surface area contributed by atoms with E-state index in [9.17, 15) is 9.59 Å². The van der Waals surface area contributed by atoms with E-state index in [1.807, 2.05) is 38.3 Å². The first kappa shape index (κ1) is 16.4. The standard InChI is InChI=1S/C14H19NO4S/c1-4-19-8-7-15(13(16)14(17)18)12(10(2)3)11-6-5-9-20-11/h5-6,9H,4,7-8H2,1-3H3,(H,17,18). The average Bonchev–Trinajstić information content (AvgIpc) is 2.90. The third kappa shape index (κ3) is 4.18. The number of carbonyl (C=O) groups excluding carboxylic acids is 1. The van der Waals surface area contributed by atoms with E-state index in [0.29, 0.717) is 18.9 Å². The highest BCUT2D eigenvalue weighted by Gasteiger charge is 2.26. The molecule has 0 atom stereocenters. The summed E-state index contributed by atoms with van der Waals surface area (Å²) >= 11 is 1.47. The molecule has 0 aliphatic heterocycles. The van der Waals surface area contributed by atoms with Gasteiger partial charge in [-0.05, 0) is 32.2 Å². The van der Waals surface area contributed by atoms with Gasteiger partial charge >= 0.3 is 11.9 Å². The van der Waals surface area contributed by atoms with Gasteiger partial charge < -0.3 is 9.84 Å². The molecule has 0 aliphatic rings. The molecule has 1 heterocycles. The molecule has 1 N–H and O–H groups in total. The third-order valence-corrected chi connectivity index (χ3v) is 3.47. The Kier molecular flexibility index (Phi) is 6.41. The molecule has 1 rings (SSSR count). The Labute approximate surface area is 122 Å². The van der Waals surface area contributed by atoms with Crippen LogP contribution in [0.3, 0.4) is 0 Å². The van der Waals surface area contributed by atoms with Crippen LogP contribution in [0.4, 0.5) is 0 Å². The monoisotopic (exact) mass is 297 g/mol. The van der Waals surface area contributed by atoms with Gasteiger partial charge in [0.05, 0.1) is 17.2 Å². The predicted octanol–water partition coefficient (Wildman–Crippen LogP) is 2.45. The molecule has 0 saturated carbocycles. The van der Waals surface area contributed by atoms with Crippen LogP contribution in [0.5, 0.6) is 0 Å². The SMILES string of the molecule is CCOCCN(C(=O)C(=O)O)C(=C(C)C)c1cccs1. The number of allylic oxidation sites excluding steroid dienone is 1. The molecule has 0 radical (unpaired) electrons. The minimum absolute atomic E-state index is 0.220. The van der Waals surface area contributed by atoms with E-state index in [0.717, 1.165) is 10.5 Å². The van der Waals surface area contributed by atoms with Crippen molar-refractivity contribution in [2.75, 3.05) is 19.8 Å². The lowest BCUT2D eigenvalue weighted by Gasteiger charge is -2.24. The van der Waals surface area contributed by atoms with E-state index in [4.69, 9.17) is 9.84 Å². The fraction of sp³-hybridized carbons (Fsp3) is 0.429. The number of hydrogen-bond donors (Lipinski definition) is 1. The van der Waals surface area contributed by atoms with Gasteiger partial charge in [0, 0.05) is 13.2 Å². The molecular weight excluding hydrogens is 278 g/mol. The summed E-state index contributed by atoms with van der Waals surface area (Å²) < 4.78 is 5.24. The zero-order valence-corrected chi connectivity index (χ0v) is 12.7. The first-order valence-electron chi connectivity index (χ1n) is 6.32. The van der Waals surface area contributed by atoms with Gasteiger partial charge in [0.15, 0.2) is 0 Å². The molecule has 1 aromatic rings. The van der Waals surface area contributed by atoms with E-state index in [1.165, 1.54) is 16.2 Å². The van der Waals surface area contributed by atoms with E-state index in [2.05, 4.69) is 0 Å². The molecule has 20 heavy (non-hydrogen) atoms. The normalized spacial score (nSPS) is 10.2. The van der Waals surface area contributed by atoms with Gasteiger partial charge in [-0.2, -0.15) is 0 Å². The highest BCUT2D eigenvalue weighted by molar-refractivity contribution is 7.11. The number of thiophene rings is 1. The van der Waals surface area contributed by atoms with Gasteiger partial charge in [0.2, 0.25) is 0 Å². The summed E-state index contributed by atoms with van der Waals surface area (Å²) in [7, 11) is 0. The third-order valence-electron chi connectivity index (χ3n) is 2.59. The Bertz CT molecular complexity index is 489. The Morgan fingerprint density at radius 1 is 1.40 bits per heavy atom. The second-order valence-electron chi connectivity index (χ2n) is 4.28. The summed E-state index contributed by atoms with van der Waals surface area (Å²) in [6.45, 7) is 6.62. The van der Waals surface area contributed by atoms with Crippen molar-refractivity contribution in [1.82, 2.24) is 4.90 Å². The van der Waals surface area contributed by atoms with Gasteiger partial charge in [-0.15, -0.1) is 11.3 Å². The number of hydrogen-bond acceptors (Lipinski definition) is 4. The van der Waals surface area contributed by atoms with Crippen LogP contribution in [0.1, 0.15) is 25.6 Å². The van der Waals surface area contributed by atoms with Crippen molar-refractivity contribution < 1.29 is 19.4 Å². The van der Waals surface area contributed by atoms with Crippen LogP contribution in [0.25, 0.3) is 5.70 Å². The van der Waals surface area contributed by atoms with Gasteiger partial charge in [-0.25, -0.2) is 4.79 Å². The maximum atomic E-state index is 11.9. The molecule has 0 saturated heterocycles. The van der Waals surface area contributed by atoms with Crippen molar-refractivity contribution in [3.63, 3.8) is 0 Å². The van der Waals surface area contributed by atoms with Gasteiger partial charge in [-0.3, -0.25) is 9.69 Å². The lowest BCUT2D eigenvalue weighted by molar-refractivity contribution is -0.154. The number of amides is 1. The van der Waals surface area contributed by atoms with E-state index in [1.54, 1.807) is 0 Å². The summed E-state index contributed by atoms with van der Waals surface area (Å²) in [4.78, 5) is 25.1. The molecule has 1 amide bonds. The number of nitrogens with zero attached hydrogens (tertiary/aromatic N) is 1. The molecule has 0 aromatic carbocycles. The maximum Gasteiger partial charge on any atom is 0.394 e. The summed E-state index contributed by atoms with van der Waals surface area (Å²) in [5.41, 5.74) is 1.53. The minimum Gasteiger partial charge on any atom is -0.474 e. The summed E-state index contributed by atoms with van der Waals surface area (Å²) in [6, 6.07) is 3.74. The Morgan fingerprint density at radius 3 is 2.55 bits per heavy atom. The number of ether oxygens (including phenoxy) is 1. The zero-order chi connectivity index (χ0) is 15.1. The van der Waals surface area contributed by atoms with Gasteiger partial charge in [-0.1, -0.05) is 11.6 Å². The van der Waals surface area contributed by atoms with Crippen LogP contribution >= 0.6 is 11.3 Å². The molecule has 6 heteroatoms. The van der Waals surface area contributed by atoms with Crippen LogP contribution in [-0.2, 0) is 14.3 Å².